The zero-order valence-electron chi connectivity index (χ0n) is 20.7. The number of β-amino-alcohol motifs (C(OH)–C–C–N with tert-alkyl or cyclic N) is 1. The van der Waals surface area contributed by atoms with Gasteiger partial charge in [0.25, 0.3) is 5.69 Å². The number of nitro benzene ring substituents is 1. The third-order valence-electron chi connectivity index (χ3n) is 6.60. The molecule has 1 aromatic heterocycles. The molecule has 2 heterocycles. The predicted octanol–water partition coefficient (Wildman–Crippen LogP) is 4.40. The highest BCUT2D eigenvalue weighted by Gasteiger charge is 2.24. The average molecular weight is 488 g/mol. The van der Waals surface area contributed by atoms with Crippen molar-refractivity contribution in [3.05, 3.63) is 94.2 Å². The second-order valence-corrected chi connectivity index (χ2v) is 9.21. The Morgan fingerprint density at radius 3 is 2.42 bits per heavy atom. The van der Waals surface area contributed by atoms with Crippen LogP contribution in [0.1, 0.15) is 29.7 Å². The van der Waals surface area contributed by atoms with Crippen molar-refractivity contribution in [3.8, 4) is 11.4 Å². The van der Waals surface area contributed by atoms with Crippen LogP contribution in [0.3, 0.4) is 0 Å². The van der Waals surface area contributed by atoms with Crippen LogP contribution in [0.2, 0.25) is 0 Å². The van der Waals surface area contributed by atoms with Crippen molar-refractivity contribution in [2.24, 2.45) is 0 Å². The number of aliphatic hydroxyl groups excluding tert-OH is 1. The molecule has 1 N–H and O–H groups in total. The normalized spacial score (nSPS) is 15.0. The molecule has 188 valence electrons. The van der Waals surface area contributed by atoms with E-state index < -0.39 is 0 Å². The van der Waals surface area contributed by atoms with Crippen molar-refractivity contribution in [3.63, 3.8) is 0 Å². The van der Waals surface area contributed by atoms with Gasteiger partial charge in [-0.3, -0.25) is 15.0 Å². The highest BCUT2D eigenvalue weighted by molar-refractivity contribution is 5.61. The average Bonchev–Trinajstić information content (AvgIpc) is 2.90. The molecule has 8 heteroatoms. The molecule has 3 aromatic rings. The van der Waals surface area contributed by atoms with E-state index in [1.165, 1.54) is 0 Å². The lowest BCUT2D eigenvalue weighted by molar-refractivity contribution is -0.384. The Morgan fingerprint density at radius 2 is 1.78 bits per heavy atom. The number of aromatic nitrogens is 2. The summed E-state index contributed by atoms with van der Waals surface area (Å²) in [7, 11) is 0. The Hall–Kier alpha value is -3.62. The fourth-order valence-corrected chi connectivity index (χ4v) is 4.55. The van der Waals surface area contributed by atoms with E-state index in [-0.39, 0.29) is 16.7 Å². The topological polar surface area (TPSA) is 95.6 Å². The Morgan fingerprint density at radius 1 is 1.08 bits per heavy atom. The first-order valence-corrected chi connectivity index (χ1v) is 12.4. The van der Waals surface area contributed by atoms with Crippen molar-refractivity contribution in [1.29, 1.82) is 0 Å². The Balaban J connectivity index is 1.59. The molecule has 1 saturated heterocycles. The van der Waals surface area contributed by atoms with Crippen LogP contribution in [0.15, 0.2) is 67.3 Å². The molecule has 1 atom stereocenters. The Bertz CT molecular complexity index is 1180. The van der Waals surface area contributed by atoms with Crippen LogP contribution in [-0.2, 0) is 6.42 Å². The van der Waals surface area contributed by atoms with Crippen LogP contribution in [0.25, 0.3) is 11.4 Å². The molecule has 36 heavy (non-hydrogen) atoms. The lowest BCUT2D eigenvalue weighted by Gasteiger charge is -2.37. The van der Waals surface area contributed by atoms with E-state index in [1.54, 1.807) is 24.3 Å². The van der Waals surface area contributed by atoms with Crippen molar-refractivity contribution in [1.82, 2.24) is 14.9 Å². The van der Waals surface area contributed by atoms with E-state index in [0.717, 1.165) is 67.2 Å². The Labute approximate surface area is 212 Å². The number of aryl methyl sites for hydroxylation is 1. The lowest BCUT2D eigenvalue weighted by atomic mass is 10.0. The molecule has 0 amide bonds. The third-order valence-corrected chi connectivity index (χ3v) is 6.60. The maximum absolute atomic E-state index is 11.1. The minimum atomic E-state index is -0.383. The van der Waals surface area contributed by atoms with E-state index in [4.69, 9.17) is 9.97 Å². The first-order valence-electron chi connectivity index (χ1n) is 12.4. The number of allylic oxidation sites excluding steroid dienone is 1. The molecule has 1 fully saturated rings. The SMILES string of the molecule is C=CCC[C@@H](O)CN1CCN(c2nc(-c3ccccc3)nc(C)c2Cc2ccc([N+](=O)[O-])cc2)CC1. The van der Waals surface area contributed by atoms with Crippen molar-refractivity contribution >= 4 is 11.5 Å². The third kappa shape index (κ3) is 6.33. The predicted molar refractivity (Wildman–Crippen MR) is 142 cm³/mol. The molecule has 8 nitrogen and oxygen atoms in total. The fourth-order valence-electron chi connectivity index (χ4n) is 4.55. The van der Waals surface area contributed by atoms with E-state index in [0.29, 0.717) is 18.8 Å². The monoisotopic (exact) mass is 487 g/mol. The van der Waals surface area contributed by atoms with E-state index >= 15 is 0 Å². The zero-order valence-corrected chi connectivity index (χ0v) is 20.7. The number of benzene rings is 2. The molecule has 0 aliphatic carbocycles. The number of hydrogen-bond donors (Lipinski definition) is 1. The molecule has 4 rings (SSSR count). The van der Waals surface area contributed by atoms with Crippen LogP contribution in [-0.4, -0.2) is 63.7 Å². The molecule has 0 radical (unpaired) electrons. The molecule has 0 bridgehead atoms. The van der Waals surface area contributed by atoms with Gasteiger partial charge in [0.05, 0.1) is 11.0 Å². The quantitative estimate of drug-likeness (QED) is 0.257. The van der Waals surface area contributed by atoms with Crippen molar-refractivity contribution in [2.45, 2.75) is 32.3 Å². The number of aliphatic hydroxyl groups is 1. The van der Waals surface area contributed by atoms with E-state index in [9.17, 15) is 15.2 Å². The zero-order chi connectivity index (χ0) is 25.5. The molecule has 2 aromatic carbocycles. The summed E-state index contributed by atoms with van der Waals surface area (Å²) in [4.78, 5) is 25.1. The van der Waals surface area contributed by atoms with Crippen molar-refractivity contribution < 1.29 is 10.0 Å². The Kier molecular flexibility index (Phi) is 8.40. The van der Waals surface area contributed by atoms with Gasteiger partial charge < -0.3 is 10.0 Å². The van der Waals surface area contributed by atoms with Crippen LogP contribution in [0.5, 0.6) is 0 Å². The summed E-state index contributed by atoms with van der Waals surface area (Å²) >= 11 is 0. The van der Waals surface area contributed by atoms with Gasteiger partial charge in [0.1, 0.15) is 5.82 Å². The lowest BCUT2D eigenvalue weighted by Crippen LogP contribution is -2.49. The van der Waals surface area contributed by atoms with Gasteiger partial charge in [0.15, 0.2) is 5.82 Å². The van der Waals surface area contributed by atoms with Gasteiger partial charge in [-0.05, 0) is 25.3 Å². The first-order chi connectivity index (χ1) is 17.4. The number of nitrogens with zero attached hydrogens (tertiary/aromatic N) is 5. The van der Waals surface area contributed by atoms with Gasteiger partial charge in [-0.25, -0.2) is 9.97 Å². The second kappa shape index (κ2) is 11.9. The number of anilines is 1. The van der Waals surface area contributed by atoms with Gasteiger partial charge in [0, 0.05) is 68.1 Å². The van der Waals surface area contributed by atoms with Crippen LogP contribution >= 0.6 is 0 Å². The second-order valence-electron chi connectivity index (χ2n) is 9.21. The summed E-state index contributed by atoms with van der Waals surface area (Å²) in [5.74, 6) is 1.60. The molecular weight excluding hydrogens is 454 g/mol. The van der Waals surface area contributed by atoms with Crippen LogP contribution < -0.4 is 4.90 Å². The van der Waals surface area contributed by atoms with Crippen molar-refractivity contribution in [2.75, 3.05) is 37.6 Å². The molecule has 0 spiro atoms. The molecule has 0 unspecified atom stereocenters. The number of rotatable bonds is 10. The minimum absolute atomic E-state index is 0.0813. The van der Waals surface area contributed by atoms with E-state index in [2.05, 4.69) is 16.4 Å². The molecule has 0 saturated carbocycles. The van der Waals surface area contributed by atoms with Gasteiger partial charge in [-0.2, -0.15) is 0 Å². The number of non-ortho nitro benzene ring substituents is 1. The summed E-state index contributed by atoms with van der Waals surface area (Å²) in [6.07, 6.45) is 3.63. The summed E-state index contributed by atoms with van der Waals surface area (Å²) < 4.78 is 0. The highest BCUT2D eigenvalue weighted by atomic mass is 16.6. The number of hydrogen-bond acceptors (Lipinski definition) is 7. The maximum atomic E-state index is 11.1. The standard InChI is InChI=1S/C28H33N5O3/c1-3-4-10-25(34)20-31-15-17-32(18-16-31)28-26(19-22-11-13-24(14-12-22)33(35)36)21(2)29-27(30-28)23-8-6-5-7-9-23/h3,5-9,11-14,25,34H,1,4,10,15-20H2,2H3/t25-/m1/s1. The smallest absolute Gasteiger partial charge is 0.269 e. The van der Waals surface area contributed by atoms with Gasteiger partial charge in [-0.15, -0.1) is 6.58 Å². The molecule has 1 aliphatic rings. The van der Waals surface area contributed by atoms with Crippen LogP contribution in [0.4, 0.5) is 11.5 Å². The minimum Gasteiger partial charge on any atom is -0.392 e. The summed E-state index contributed by atoms with van der Waals surface area (Å²) in [5.41, 5.74) is 3.96. The van der Waals surface area contributed by atoms with Gasteiger partial charge in [0.2, 0.25) is 0 Å². The number of piperazine rings is 1. The number of nitro groups is 1. The van der Waals surface area contributed by atoms with Crippen LogP contribution in [0, 0.1) is 17.0 Å². The summed E-state index contributed by atoms with van der Waals surface area (Å²) in [6.45, 7) is 9.68. The van der Waals surface area contributed by atoms with E-state index in [1.807, 2.05) is 43.3 Å². The maximum Gasteiger partial charge on any atom is 0.269 e. The fraction of sp³-hybridized carbons (Fsp3) is 0.357. The highest BCUT2D eigenvalue weighted by Crippen LogP contribution is 2.29. The largest absolute Gasteiger partial charge is 0.392 e. The van der Waals surface area contributed by atoms with Gasteiger partial charge in [-0.1, -0.05) is 48.5 Å². The summed E-state index contributed by atoms with van der Waals surface area (Å²) in [6, 6.07) is 16.6. The van der Waals surface area contributed by atoms with Gasteiger partial charge >= 0.3 is 0 Å². The first kappa shape index (κ1) is 25.5. The molecular formula is C28H33N5O3. The molecule has 1 aliphatic heterocycles. The summed E-state index contributed by atoms with van der Waals surface area (Å²) in [5, 5.41) is 21.4.